The Morgan fingerprint density at radius 1 is 1.10 bits per heavy atom. The first-order valence-corrected chi connectivity index (χ1v) is 10.7. The van der Waals surface area contributed by atoms with E-state index in [0.29, 0.717) is 26.2 Å². The molecule has 0 aromatic heterocycles. The number of rotatable bonds is 7. The molecule has 2 aromatic carbocycles. The Morgan fingerprint density at radius 2 is 1.79 bits per heavy atom. The summed E-state index contributed by atoms with van der Waals surface area (Å²) in [6.45, 7) is 2.60. The highest BCUT2D eigenvalue weighted by Crippen LogP contribution is 2.28. The highest BCUT2D eigenvalue weighted by molar-refractivity contribution is 7.89. The Hall–Kier alpha value is -2.68. The van der Waals surface area contributed by atoms with Crippen molar-refractivity contribution in [3.63, 3.8) is 0 Å². The molecule has 8 heteroatoms. The lowest BCUT2D eigenvalue weighted by molar-refractivity contribution is 0.0696. The summed E-state index contributed by atoms with van der Waals surface area (Å²) in [6.07, 6.45) is 4.12. The van der Waals surface area contributed by atoms with E-state index in [2.05, 4.69) is 11.0 Å². The monoisotopic (exact) mass is 416 g/mol. The topological polar surface area (TPSA) is 87.1 Å². The summed E-state index contributed by atoms with van der Waals surface area (Å²) in [5.74, 6) is -1.04. The summed E-state index contributed by atoms with van der Waals surface area (Å²) in [5, 5.41) is 9.19. The minimum Gasteiger partial charge on any atom is -0.495 e. The maximum Gasteiger partial charge on any atom is 0.335 e. The van der Waals surface area contributed by atoms with Gasteiger partial charge in [-0.1, -0.05) is 42.5 Å². The van der Waals surface area contributed by atoms with Crippen molar-refractivity contribution < 1.29 is 23.1 Å². The predicted octanol–water partition coefficient (Wildman–Crippen LogP) is 2.41. The zero-order chi connectivity index (χ0) is 20.9. The van der Waals surface area contributed by atoms with Gasteiger partial charge in [0.15, 0.2) is 0 Å². The van der Waals surface area contributed by atoms with Crippen molar-refractivity contribution >= 4 is 22.1 Å². The van der Waals surface area contributed by atoms with Crippen molar-refractivity contribution in [2.75, 3.05) is 39.8 Å². The van der Waals surface area contributed by atoms with E-state index in [1.54, 1.807) is 0 Å². The number of carboxylic acid groups (broad SMARTS) is 1. The lowest BCUT2D eigenvalue weighted by Crippen LogP contribution is -2.48. The molecular formula is C21H24N2O5S. The fraction of sp³-hybridized carbons (Fsp3) is 0.286. The average Bonchev–Trinajstić information content (AvgIpc) is 2.74. The number of carboxylic acids is 1. The molecule has 0 spiro atoms. The first-order chi connectivity index (χ1) is 13.9. The molecule has 1 fully saturated rings. The van der Waals surface area contributed by atoms with E-state index in [1.807, 2.05) is 36.4 Å². The number of hydrogen-bond donors (Lipinski definition) is 1. The first kappa shape index (κ1) is 21.0. The molecule has 2 aromatic rings. The predicted molar refractivity (Wildman–Crippen MR) is 111 cm³/mol. The largest absolute Gasteiger partial charge is 0.495 e. The van der Waals surface area contributed by atoms with Crippen LogP contribution >= 0.6 is 0 Å². The quantitative estimate of drug-likeness (QED) is 0.746. The Kier molecular flexibility index (Phi) is 6.68. The van der Waals surface area contributed by atoms with Gasteiger partial charge in [-0.3, -0.25) is 4.90 Å². The van der Waals surface area contributed by atoms with Crippen LogP contribution in [0.15, 0.2) is 59.5 Å². The van der Waals surface area contributed by atoms with E-state index in [-0.39, 0.29) is 16.2 Å². The van der Waals surface area contributed by atoms with E-state index in [1.165, 1.54) is 23.5 Å². The molecule has 0 radical (unpaired) electrons. The molecular weight excluding hydrogens is 392 g/mol. The van der Waals surface area contributed by atoms with E-state index in [4.69, 9.17) is 4.74 Å². The Bertz CT molecular complexity index is 981. The van der Waals surface area contributed by atoms with Gasteiger partial charge in [0.2, 0.25) is 10.0 Å². The summed E-state index contributed by atoms with van der Waals surface area (Å²) >= 11 is 0. The third-order valence-corrected chi connectivity index (χ3v) is 6.75. The fourth-order valence-electron chi connectivity index (χ4n) is 3.20. The Labute approximate surface area is 170 Å². The van der Waals surface area contributed by atoms with Gasteiger partial charge >= 0.3 is 5.97 Å². The van der Waals surface area contributed by atoms with E-state index in [9.17, 15) is 18.3 Å². The second-order valence-corrected chi connectivity index (χ2v) is 8.59. The van der Waals surface area contributed by atoms with Crippen LogP contribution in [0.3, 0.4) is 0 Å². The zero-order valence-electron chi connectivity index (χ0n) is 16.2. The molecule has 1 saturated heterocycles. The highest BCUT2D eigenvalue weighted by Gasteiger charge is 2.31. The Morgan fingerprint density at radius 3 is 2.41 bits per heavy atom. The van der Waals surface area contributed by atoms with Gasteiger partial charge in [-0.2, -0.15) is 4.31 Å². The van der Waals surface area contributed by atoms with Crippen LogP contribution < -0.4 is 4.74 Å². The fourth-order valence-corrected chi connectivity index (χ4v) is 4.81. The third kappa shape index (κ3) is 5.03. The van der Waals surface area contributed by atoms with Gasteiger partial charge in [-0.15, -0.1) is 0 Å². The molecule has 7 nitrogen and oxygen atoms in total. The normalized spacial score (nSPS) is 16.2. The number of benzene rings is 2. The number of piperazine rings is 1. The molecule has 0 atom stereocenters. The van der Waals surface area contributed by atoms with Gasteiger partial charge in [0.1, 0.15) is 10.6 Å². The van der Waals surface area contributed by atoms with Gasteiger partial charge in [-0.05, 0) is 23.8 Å². The van der Waals surface area contributed by atoms with E-state index in [0.717, 1.165) is 18.2 Å². The molecule has 3 rings (SSSR count). The van der Waals surface area contributed by atoms with Crippen LogP contribution in [0.2, 0.25) is 0 Å². The van der Waals surface area contributed by atoms with Crippen LogP contribution in [-0.4, -0.2) is 68.5 Å². The summed E-state index contributed by atoms with van der Waals surface area (Å²) in [6, 6.07) is 13.9. The second-order valence-electron chi connectivity index (χ2n) is 6.69. The van der Waals surface area contributed by atoms with E-state index < -0.39 is 16.0 Å². The van der Waals surface area contributed by atoms with Crippen LogP contribution in [0, 0.1) is 0 Å². The van der Waals surface area contributed by atoms with Crippen molar-refractivity contribution in [1.82, 2.24) is 9.21 Å². The maximum atomic E-state index is 13.1. The summed E-state index contributed by atoms with van der Waals surface area (Å²) in [4.78, 5) is 13.3. The molecule has 0 aliphatic carbocycles. The van der Waals surface area contributed by atoms with Crippen LogP contribution in [0.4, 0.5) is 0 Å². The average molecular weight is 416 g/mol. The van der Waals surface area contributed by atoms with Crippen molar-refractivity contribution in [3.05, 3.63) is 65.7 Å². The standard InChI is InChI=1S/C21H24N2O5S/c1-28-19-10-9-18(21(24)25)16-20(19)29(26,27)23-14-12-22(13-15-23)11-5-8-17-6-3-2-4-7-17/h2-10,16H,11-15H2,1H3,(H,24,25). The molecule has 0 amide bonds. The number of carbonyl (C=O) groups is 1. The summed E-state index contributed by atoms with van der Waals surface area (Å²) < 4.78 is 32.7. The zero-order valence-corrected chi connectivity index (χ0v) is 17.0. The van der Waals surface area contributed by atoms with Crippen molar-refractivity contribution in [3.8, 4) is 5.75 Å². The lowest BCUT2D eigenvalue weighted by Gasteiger charge is -2.33. The number of hydrogen-bond acceptors (Lipinski definition) is 5. The number of aromatic carboxylic acids is 1. The van der Waals surface area contributed by atoms with Crippen LogP contribution in [0.5, 0.6) is 5.75 Å². The van der Waals surface area contributed by atoms with Gasteiger partial charge in [0.25, 0.3) is 0 Å². The lowest BCUT2D eigenvalue weighted by atomic mass is 10.2. The smallest absolute Gasteiger partial charge is 0.335 e. The van der Waals surface area contributed by atoms with Gasteiger partial charge < -0.3 is 9.84 Å². The molecule has 154 valence electrons. The minimum atomic E-state index is -3.85. The molecule has 1 heterocycles. The van der Waals surface area contributed by atoms with Crippen LogP contribution in [0.1, 0.15) is 15.9 Å². The summed E-state index contributed by atoms with van der Waals surface area (Å²) in [7, 11) is -2.48. The van der Waals surface area contributed by atoms with Gasteiger partial charge in [0, 0.05) is 32.7 Å². The number of methoxy groups -OCH3 is 1. The number of nitrogens with zero attached hydrogens (tertiary/aromatic N) is 2. The van der Waals surface area contributed by atoms with Crippen molar-refractivity contribution in [2.24, 2.45) is 0 Å². The highest BCUT2D eigenvalue weighted by atomic mass is 32.2. The number of ether oxygens (including phenoxy) is 1. The second kappa shape index (κ2) is 9.21. The first-order valence-electron chi connectivity index (χ1n) is 9.27. The van der Waals surface area contributed by atoms with Crippen molar-refractivity contribution in [2.45, 2.75) is 4.90 Å². The van der Waals surface area contributed by atoms with Crippen LogP contribution in [0.25, 0.3) is 6.08 Å². The molecule has 1 aliphatic rings. The van der Waals surface area contributed by atoms with Crippen molar-refractivity contribution in [1.29, 1.82) is 0 Å². The molecule has 1 N–H and O–H groups in total. The van der Waals surface area contributed by atoms with Gasteiger partial charge in [0.05, 0.1) is 12.7 Å². The molecule has 0 saturated carbocycles. The third-order valence-electron chi connectivity index (χ3n) is 4.83. The minimum absolute atomic E-state index is 0.0888. The van der Waals surface area contributed by atoms with E-state index >= 15 is 0 Å². The Balaban J connectivity index is 1.66. The number of sulfonamides is 1. The molecule has 0 bridgehead atoms. The molecule has 1 aliphatic heterocycles. The van der Waals surface area contributed by atoms with Crippen LogP contribution in [-0.2, 0) is 10.0 Å². The molecule has 0 unspecified atom stereocenters. The maximum absolute atomic E-state index is 13.1. The molecule has 29 heavy (non-hydrogen) atoms. The SMILES string of the molecule is COc1ccc(C(=O)O)cc1S(=O)(=O)N1CCN(CC=Cc2ccccc2)CC1. The van der Waals surface area contributed by atoms with Gasteiger partial charge in [-0.25, -0.2) is 13.2 Å². The summed E-state index contributed by atoms with van der Waals surface area (Å²) in [5.41, 5.74) is 1.04.